The fourth-order valence-corrected chi connectivity index (χ4v) is 1.48. The first-order valence-corrected chi connectivity index (χ1v) is 5.94. The van der Waals surface area contributed by atoms with Crippen LogP contribution in [0.1, 0.15) is 24.3 Å². The number of nitrogens with one attached hydrogen (secondary N) is 1. The molecule has 20 heavy (non-hydrogen) atoms. The Labute approximate surface area is 115 Å². The van der Waals surface area contributed by atoms with E-state index in [2.05, 4.69) is 15.6 Å². The van der Waals surface area contributed by atoms with Crippen molar-refractivity contribution in [3.8, 4) is 5.69 Å². The van der Waals surface area contributed by atoms with Crippen LogP contribution in [-0.2, 0) is 4.79 Å². The lowest BCUT2D eigenvalue weighted by atomic mass is 10.1. The molecule has 2 N–H and O–H groups in total. The third-order valence-electron chi connectivity index (χ3n) is 2.71. The fourth-order valence-electron chi connectivity index (χ4n) is 1.48. The highest BCUT2D eigenvalue weighted by Crippen LogP contribution is 2.07. The third-order valence-corrected chi connectivity index (χ3v) is 2.71. The minimum absolute atomic E-state index is 0.0585. The predicted molar refractivity (Wildman–Crippen MR) is 70.5 cm³/mol. The minimum atomic E-state index is -1.37. The number of hydrogen-bond acceptors (Lipinski definition) is 4. The molecule has 0 unspecified atom stereocenters. The molecule has 0 fully saturated rings. The van der Waals surface area contributed by atoms with Crippen molar-refractivity contribution < 1.29 is 14.7 Å². The summed E-state index contributed by atoms with van der Waals surface area (Å²) in [7, 11) is 0. The average molecular weight is 274 g/mol. The molecule has 104 valence electrons. The molecule has 7 nitrogen and oxygen atoms in total. The Morgan fingerprint density at radius 3 is 2.50 bits per heavy atom. The largest absolute Gasteiger partial charge is 0.480 e. The summed E-state index contributed by atoms with van der Waals surface area (Å²) in [6.07, 6.45) is 1.45. The maximum Gasteiger partial charge on any atom is 0.328 e. The van der Waals surface area contributed by atoms with Crippen LogP contribution in [0.5, 0.6) is 0 Å². The van der Waals surface area contributed by atoms with Gasteiger partial charge in [-0.15, -0.1) is 5.10 Å². The van der Waals surface area contributed by atoms with Gasteiger partial charge in [0.05, 0.1) is 11.9 Å². The van der Waals surface area contributed by atoms with Crippen LogP contribution >= 0.6 is 0 Å². The Kier molecular flexibility index (Phi) is 3.51. The van der Waals surface area contributed by atoms with Crippen molar-refractivity contribution >= 4 is 11.9 Å². The molecular weight excluding hydrogens is 260 g/mol. The van der Waals surface area contributed by atoms with Crippen LogP contribution in [0.15, 0.2) is 36.5 Å². The second-order valence-electron chi connectivity index (χ2n) is 4.77. The predicted octanol–water partition coefficient (Wildman–Crippen LogP) is 0.860. The second-order valence-corrected chi connectivity index (χ2v) is 4.77. The molecule has 7 heteroatoms. The molecule has 0 aliphatic carbocycles. The first-order valence-electron chi connectivity index (χ1n) is 5.94. The Bertz CT molecular complexity index is 634. The molecule has 0 saturated heterocycles. The van der Waals surface area contributed by atoms with E-state index in [4.69, 9.17) is 5.11 Å². The summed E-state index contributed by atoms with van der Waals surface area (Å²) in [5, 5.41) is 18.9. The zero-order valence-electron chi connectivity index (χ0n) is 11.1. The third kappa shape index (κ3) is 2.82. The summed E-state index contributed by atoms with van der Waals surface area (Å²) in [4.78, 5) is 22.9. The van der Waals surface area contributed by atoms with E-state index in [1.807, 2.05) is 30.3 Å². The fraction of sp³-hybridized carbons (Fsp3) is 0.231. The number of carboxylic acid groups (broad SMARTS) is 1. The molecular formula is C13H14N4O3. The van der Waals surface area contributed by atoms with E-state index in [1.165, 1.54) is 24.7 Å². The van der Waals surface area contributed by atoms with Crippen LogP contribution in [0.2, 0.25) is 0 Å². The van der Waals surface area contributed by atoms with Crippen molar-refractivity contribution in [3.05, 3.63) is 42.2 Å². The molecule has 0 aliphatic rings. The summed E-state index contributed by atoms with van der Waals surface area (Å²) in [5.41, 5.74) is -0.548. The van der Waals surface area contributed by atoms with Crippen molar-refractivity contribution in [2.24, 2.45) is 0 Å². The SMILES string of the molecule is CC(C)(NC(=O)c1cn(-c2ccccc2)nn1)C(=O)O. The maximum absolute atomic E-state index is 11.9. The van der Waals surface area contributed by atoms with Gasteiger partial charge in [0.1, 0.15) is 5.54 Å². The lowest BCUT2D eigenvalue weighted by Crippen LogP contribution is -2.49. The maximum atomic E-state index is 11.9. The highest BCUT2D eigenvalue weighted by atomic mass is 16.4. The molecule has 0 bridgehead atoms. The van der Waals surface area contributed by atoms with Crippen LogP contribution in [-0.4, -0.2) is 37.5 Å². The average Bonchev–Trinajstić information content (AvgIpc) is 2.88. The number of carboxylic acids is 1. The molecule has 1 aromatic heterocycles. The number of rotatable bonds is 4. The van der Waals surface area contributed by atoms with E-state index in [1.54, 1.807) is 0 Å². The molecule has 0 saturated carbocycles. The van der Waals surface area contributed by atoms with E-state index < -0.39 is 17.4 Å². The molecule has 0 atom stereocenters. The number of carbonyl (C=O) groups excluding carboxylic acids is 1. The van der Waals surface area contributed by atoms with Gasteiger partial charge in [0.2, 0.25) is 0 Å². The van der Waals surface area contributed by atoms with E-state index in [0.717, 1.165) is 5.69 Å². The van der Waals surface area contributed by atoms with Crippen LogP contribution in [0.4, 0.5) is 0 Å². The number of aromatic nitrogens is 3. The van der Waals surface area contributed by atoms with E-state index in [0.29, 0.717) is 0 Å². The van der Waals surface area contributed by atoms with Gasteiger partial charge < -0.3 is 10.4 Å². The zero-order chi connectivity index (χ0) is 14.8. The van der Waals surface area contributed by atoms with Crippen LogP contribution in [0, 0.1) is 0 Å². The number of hydrogen-bond donors (Lipinski definition) is 2. The van der Waals surface area contributed by atoms with Gasteiger partial charge in [0, 0.05) is 0 Å². The van der Waals surface area contributed by atoms with Gasteiger partial charge in [-0.2, -0.15) is 0 Å². The van der Waals surface area contributed by atoms with E-state index in [-0.39, 0.29) is 5.69 Å². The molecule has 0 spiro atoms. The van der Waals surface area contributed by atoms with Gasteiger partial charge in [-0.1, -0.05) is 23.4 Å². The first-order chi connectivity index (χ1) is 9.40. The van der Waals surface area contributed by atoms with Gasteiger partial charge >= 0.3 is 5.97 Å². The number of carbonyl (C=O) groups is 2. The summed E-state index contributed by atoms with van der Waals surface area (Å²) in [6.45, 7) is 2.80. The minimum Gasteiger partial charge on any atom is -0.480 e. The van der Waals surface area contributed by atoms with Crippen molar-refractivity contribution in [2.45, 2.75) is 19.4 Å². The number of amides is 1. The molecule has 1 aromatic carbocycles. The smallest absolute Gasteiger partial charge is 0.328 e. The van der Waals surface area contributed by atoms with Crippen molar-refractivity contribution in [2.75, 3.05) is 0 Å². The number of aliphatic carboxylic acids is 1. The second kappa shape index (κ2) is 5.12. The Morgan fingerprint density at radius 2 is 1.90 bits per heavy atom. The zero-order valence-corrected chi connectivity index (χ0v) is 11.1. The number of benzene rings is 1. The molecule has 0 aliphatic heterocycles. The van der Waals surface area contributed by atoms with Crippen LogP contribution in [0.3, 0.4) is 0 Å². The van der Waals surface area contributed by atoms with Crippen molar-refractivity contribution in [1.29, 1.82) is 0 Å². The van der Waals surface area contributed by atoms with Crippen molar-refractivity contribution in [3.63, 3.8) is 0 Å². The summed E-state index contributed by atoms with van der Waals surface area (Å²) >= 11 is 0. The van der Waals surface area contributed by atoms with E-state index >= 15 is 0 Å². The standard InChI is InChI=1S/C13H14N4O3/c1-13(2,12(19)20)14-11(18)10-8-17(16-15-10)9-6-4-3-5-7-9/h3-8H,1-2H3,(H,14,18)(H,19,20). The van der Waals surface area contributed by atoms with Gasteiger partial charge in [0.25, 0.3) is 5.91 Å². The Morgan fingerprint density at radius 1 is 1.25 bits per heavy atom. The van der Waals surface area contributed by atoms with Crippen LogP contribution < -0.4 is 5.32 Å². The number of para-hydroxylation sites is 1. The van der Waals surface area contributed by atoms with Crippen LogP contribution in [0.25, 0.3) is 5.69 Å². The molecule has 1 heterocycles. The lowest BCUT2D eigenvalue weighted by Gasteiger charge is -2.19. The molecule has 0 radical (unpaired) electrons. The van der Waals surface area contributed by atoms with Crippen molar-refractivity contribution in [1.82, 2.24) is 20.3 Å². The van der Waals surface area contributed by atoms with Gasteiger partial charge in [0.15, 0.2) is 5.69 Å². The highest BCUT2D eigenvalue weighted by Gasteiger charge is 2.30. The monoisotopic (exact) mass is 274 g/mol. The topological polar surface area (TPSA) is 97.1 Å². The quantitative estimate of drug-likeness (QED) is 0.861. The Balaban J connectivity index is 2.17. The first kappa shape index (κ1) is 13.7. The Hall–Kier alpha value is -2.70. The molecule has 2 rings (SSSR count). The number of nitrogens with zero attached hydrogens (tertiary/aromatic N) is 3. The molecule has 1 amide bonds. The van der Waals surface area contributed by atoms with E-state index in [9.17, 15) is 9.59 Å². The normalized spacial score (nSPS) is 11.1. The summed E-state index contributed by atoms with van der Waals surface area (Å²) in [6, 6.07) is 9.17. The summed E-state index contributed by atoms with van der Waals surface area (Å²) in [5.74, 6) is -1.71. The highest BCUT2D eigenvalue weighted by molar-refractivity contribution is 5.95. The summed E-state index contributed by atoms with van der Waals surface area (Å²) < 4.78 is 1.45. The lowest BCUT2D eigenvalue weighted by molar-refractivity contribution is -0.143. The van der Waals surface area contributed by atoms with Gasteiger partial charge in [-0.05, 0) is 26.0 Å². The molecule has 2 aromatic rings. The van der Waals surface area contributed by atoms with Gasteiger partial charge in [-0.3, -0.25) is 4.79 Å². The van der Waals surface area contributed by atoms with Gasteiger partial charge in [-0.25, -0.2) is 9.48 Å².